The van der Waals surface area contributed by atoms with Crippen LogP contribution in [0.2, 0.25) is 0 Å². The maximum atomic E-state index is 14.8. The number of aromatic nitrogens is 6. The SMILES string of the molecule is CCOc1cc(F)c(Cn2nc(-c3ncc(OC)c(Nc4ccnc(C)n4)n3)c3ccccc32)c(F)c1. The highest BCUT2D eigenvalue weighted by Gasteiger charge is 2.20. The van der Waals surface area contributed by atoms with Crippen molar-refractivity contribution >= 4 is 22.5 Å². The van der Waals surface area contributed by atoms with Crippen LogP contribution in [0.25, 0.3) is 22.4 Å². The zero-order valence-electron chi connectivity index (χ0n) is 20.4. The van der Waals surface area contributed by atoms with Crippen LogP contribution in [0.5, 0.6) is 11.5 Å². The molecule has 0 saturated carbocycles. The first-order valence-electron chi connectivity index (χ1n) is 11.5. The third-order valence-corrected chi connectivity index (χ3v) is 5.60. The van der Waals surface area contributed by atoms with E-state index in [-0.39, 0.29) is 17.9 Å². The van der Waals surface area contributed by atoms with Gasteiger partial charge in [-0.05, 0) is 26.0 Å². The first-order chi connectivity index (χ1) is 18.0. The summed E-state index contributed by atoms with van der Waals surface area (Å²) in [6.45, 7) is 3.70. The van der Waals surface area contributed by atoms with Gasteiger partial charge in [-0.15, -0.1) is 0 Å². The van der Waals surface area contributed by atoms with Crippen molar-refractivity contribution in [3.05, 3.63) is 77.9 Å². The van der Waals surface area contributed by atoms with E-state index in [4.69, 9.17) is 9.47 Å². The number of hydrogen-bond acceptors (Lipinski definition) is 8. The fraction of sp³-hybridized carbons (Fsp3) is 0.192. The molecule has 0 unspecified atom stereocenters. The summed E-state index contributed by atoms with van der Waals surface area (Å²) in [7, 11) is 1.51. The number of ether oxygens (including phenoxy) is 2. The van der Waals surface area contributed by atoms with E-state index in [0.29, 0.717) is 46.9 Å². The van der Waals surface area contributed by atoms with Gasteiger partial charge < -0.3 is 14.8 Å². The van der Waals surface area contributed by atoms with Gasteiger partial charge in [0.25, 0.3) is 0 Å². The molecular weight excluding hydrogens is 480 g/mol. The van der Waals surface area contributed by atoms with Crippen molar-refractivity contribution in [1.82, 2.24) is 29.7 Å². The molecule has 0 fully saturated rings. The molecule has 5 rings (SSSR count). The molecule has 9 nitrogen and oxygen atoms in total. The van der Waals surface area contributed by atoms with Crippen LogP contribution >= 0.6 is 0 Å². The van der Waals surface area contributed by atoms with E-state index in [0.717, 1.165) is 5.39 Å². The third kappa shape index (κ3) is 4.88. The molecular formula is C26H23F2N7O2. The number of fused-ring (bicyclic) bond motifs is 1. The van der Waals surface area contributed by atoms with E-state index in [2.05, 4.69) is 30.4 Å². The zero-order valence-corrected chi connectivity index (χ0v) is 20.4. The number of halogens is 2. The minimum Gasteiger partial charge on any atom is -0.494 e. The van der Waals surface area contributed by atoms with Crippen LogP contribution in [0.3, 0.4) is 0 Å². The number of nitrogens with zero attached hydrogens (tertiary/aromatic N) is 6. The van der Waals surface area contributed by atoms with Crippen LogP contribution < -0.4 is 14.8 Å². The quantitative estimate of drug-likeness (QED) is 0.313. The molecule has 188 valence electrons. The molecule has 0 bridgehead atoms. The molecule has 0 radical (unpaired) electrons. The molecule has 5 aromatic rings. The van der Waals surface area contributed by atoms with E-state index in [1.54, 1.807) is 26.1 Å². The first kappa shape index (κ1) is 24.0. The van der Waals surface area contributed by atoms with Crippen molar-refractivity contribution in [3.63, 3.8) is 0 Å². The van der Waals surface area contributed by atoms with Crippen molar-refractivity contribution in [2.45, 2.75) is 20.4 Å². The monoisotopic (exact) mass is 503 g/mol. The van der Waals surface area contributed by atoms with Gasteiger partial charge in [0.15, 0.2) is 17.4 Å². The molecule has 37 heavy (non-hydrogen) atoms. The maximum absolute atomic E-state index is 14.8. The minimum atomic E-state index is -0.711. The van der Waals surface area contributed by atoms with Gasteiger partial charge in [-0.25, -0.2) is 28.7 Å². The highest BCUT2D eigenvalue weighted by molar-refractivity contribution is 5.92. The second-order valence-corrected chi connectivity index (χ2v) is 8.05. The lowest BCUT2D eigenvalue weighted by molar-refractivity contribution is 0.335. The van der Waals surface area contributed by atoms with Crippen LogP contribution in [-0.4, -0.2) is 43.4 Å². The summed E-state index contributed by atoms with van der Waals surface area (Å²) in [6, 6.07) is 11.4. The number of benzene rings is 2. The Balaban J connectivity index is 1.56. The number of methoxy groups -OCH3 is 1. The first-order valence-corrected chi connectivity index (χ1v) is 11.5. The molecule has 2 aromatic carbocycles. The summed E-state index contributed by atoms with van der Waals surface area (Å²) < 4.78 is 41.8. The van der Waals surface area contributed by atoms with Crippen LogP contribution in [0.1, 0.15) is 18.3 Å². The summed E-state index contributed by atoms with van der Waals surface area (Å²) in [4.78, 5) is 17.5. The van der Waals surface area contributed by atoms with Crippen molar-refractivity contribution in [3.8, 4) is 23.0 Å². The fourth-order valence-corrected chi connectivity index (χ4v) is 3.91. The van der Waals surface area contributed by atoms with Gasteiger partial charge in [0.1, 0.15) is 34.7 Å². The van der Waals surface area contributed by atoms with Gasteiger partial charge in [-0.2, -0.15) is 5.10 Å². The number of nitrogens with one attached hydrogen (secondary N) is 1. The Kier molecular flexibility index (Phi) is 6.59. The second-order valence-electron chi connectivity index (χ2n) is 8.05. The summed E-state index contributed by atoms with van der Waals surface area (Å²) in [5.74, 6) is 0.933. The lowest BCUT2D eigenvalue weighted by atomic mass is 10.1. The van der Waals surface area contributed by atoms with Crippen LogP contribution in [0.4, 0.5) is 20.4 Å². The number of aryl methyl sites for hydroxylation is 1. The van der Waals surface area contributed by atoms with E-state index in [1.807, 2.05) is 24.3 Å². The molecule has 0 atom stereocenters. The molecule has 0 aliphatic heterocycles. The van der Waals surface area contributed by atoms with Crippen LogP contribution in [-0.2, 0) is 6.54 Å². The number of rotatable bonds is 8. The Morgan fingerprint density at radius 1 is 1.03 bits per heavy atom. The molecule has 3 aromatic heterocycles. The summed E-state index contributed by atoms with van der Waals surface area (Å²) >= 11 is 0. The van der Waals surface area contributed by atoms with Crippen molar-refractivity contribution in [2.24, 2.45) is 0 Å². The normalized spacial score (nSPS) is 11.1. The van der Waals surface area contributed by atoms with E-state index in [9.17, 15) is 8.78 Å². The molecule has 0 aliphatic carbocycles. The highest BCUT2D eigenvalue weighted by atomic mass is 19.1. The fourth-order valence-electron chi connectivity index (χ4n) is 3.91. The highest BCUT2D eigenvalue weighted by Crippen LogP contribution is 2.31. The van der Waals surface area contributed by atoms with Gasteiger partial charge in [0, 0.05) is 29.3 Å². The van der Waals surface area contributed by atoms with Crippen molar-refractivity contribution in [2.75, 3.05) is 19.0 Å². The Bertz CT molecular complexity index is 1570. The van der Waals surface area contributed by atoms with Gasteiger partial charge in [-0.3, -0.25) is 4.68 Å². The van der Waals surface area contributed by atoms with Gasteiger partial charge in [-0.1, -0.05) is 18.2 Å². The van der Waals surface area contributed by atoms with Crippen molar-refractivity contribution in [1.29, 1.82) is 0 Å². The molecule has 0 aliphatic rings. The molecule has 11 heteroatoms. The summed E-state index contributed by atoms with van der Waals surface area (Å²) in [5, 5.41) is 8.50. The van der Waals surface area contributed by atoms with E-state index >= 15 is 0 Å². The number of hydrogen-bond donors (Lipinski definition) is 1. The Morgan fingerprint density at radius 2 is 1.81 bits per heavy atom. The number of anilines is 2. The standard InChI is InChI=1S/C26H23F2N7O2/c1-4-37-16-11-19(27)18(20(28)12-16)14-35-21-8-6-5-7-17(21)24(34-35)26-30-13-22(36-3)25(33-26)32-23-9-10-29-15(2)31-23/h5-13H,4,14H2,1-3H3,(H,29,30,31,32,33). The van der Waals surface area contributed by atoms with E-state index < -0.39 is 11.6 Å². The third-order valence-electron chi connectivity index (χ3n) is 5.60. The van der Waals surface area contributed by atoms with Gasteiger partial charge in [0.2, 0.25) is 0 Å². The molecule has 3 heterocycles. The Hall–Kier alpha value is -4.67. The topological polar surface area (TPSA) is 99.9 Å². The lowest BCUT2D eigenvalue weighted by Crippen LogP contribution is -2.07. The second kappa shape index (κ2) is 10.1. The van der Waals surface area contributed by atoms with Crippen molar-refractivity contribution < 1.29 is 18.3 Å². The summed E-state index contributed by atoms with van der Waals surface area (Å²) in [6.07, 6.45) is 3.16. The molecule has 1 N–H and O–H groups in total. The summed E-state index contributed by atoms with van der Waals surface area (Å²) in [5.41, 5.74) is 0.998. The average molecular weight is 504 g/mol. The molecule has 0 amide bonds. The van der Waals surface area contributed by atoms with Crippen LogP contribution in [0, 0.1) is 18.6 Å². The smallest absolute Gasteiger partial charge is 0.183 e. The molecule has 0 spiro atoms. The lowest BCUT2D eigenvalue weighted by Gasteiger charge is -2.10. The molecule has 0 saturated heterocycles. The maximum Gasteiger partial charge on any atom is 0.183 e. The Labute approximate surface area is 211 Å². The van der Waals surface area contributed by atoms with Crippen LogP contribution in [0.15, 0.2) is 54.9 Å². The minimum absolute atomic E-state index is 0.125. The Morgan fingerprint density at radius 3 is 2.54 bits per heavy atom. The average Bonchev–Trinajstić information content (AvgIpc) is 3.25. The zero-order chi connectivity index (χ0) is 25.9. The number of para-hydroxylation sites is 1. The largest absolute Gasteiger partial charge is 0.494 e. The predicted octanol–water partition coefficient (Wildman–Crippen LogP) is 5.07. The van der Waals surface area contributed by atoms with Gasteiger partial charge in [0.05, 0.1) is 32.0 Å². The van der Waals surface area contributed by atoms with E-state index in [1.165, 1.54) is 30.1 Å². The van der Waals surface area contributed by atoms with Gasteiger partial charge >= 0.3 is 0 Å². The predicted molar refractivity (Wildman–Crippen MR) is 134 cm³/mol.